The van der Waals surface area contributed by atoms with E-state index in [0.29, 0.717) is 0 Å². The van der Waals surface area contributed by atoms with Crippen molar-refractivity contribution in [3.63, 3.8) is 0 Å². The van der Waals surface area contributed by atoms with Crippen molar-refractivity contribution in [1.82, 2.24) is 0 Å². The monoisotopic (exact) mass is 186 g/mol. The van der Waals surface area contributed by atoms with Gasteiger partial charge in [-0.1, -0.05) is 0 Å². The van der Waals surface area contributed by atoms with E-state index in [1.165, 1.54) is 7.11 Å². The first-order valence-electron chi connectivity index (χ1n) is 4.53. The van der Waals surface area contributed by atoms with Crippen molar-refractivity contribution in [2.45, 2.75) is 37.1 Å². The second-order valence-corrected chi connectivity index (χ2v) is 3.59. The van der Waals surface area contributed by atoms with Gasteiger partial charge in [0.25, 0.3) is 0 Å². The lowest BCUT2D eigenvalue weighted by atomic mass is 10.0. The second-order valence-electron chi connectivity index (χ2n) is 3.59. The number of ether oxygens (including phenoxy) is 3. The van der Waals surface area contributed by atoms with Crippen LogP contribution in [-0.4, -0.2) is 38.0 Å². The minimum atomic E-state index is -0.384. The van der Waals surface area contributed by atoms with E-state index < -0.39 is 0 Å². The predicted molar refractivity (Wildman–Crippen MR) is 44.3 cm³/mol. The standard InChI is InChI=1S/C9H14O4/c1-11-6-4-3-5-9(6)7(13-9)8(10)12-2/h6-7H,3-5H2,1-2H3. The van der Waals surface area contributed by atoms with Gasteiger partial charge >= 0.3 is 5.97 Å². The van der Waals surface area contributed by atoms with E-state index in [4.69, 9.17) is 9.47 Å². The third kappa shape index (κ3) is 1.16. The van der Waals surface area contributed by atoms with Crippen LogP contribution in [0.5, 0.6) is 0 Å². The molecule has 1 heterocycles. The van der Waals surface area contributed by atoms with Crippen LogP contribution in [0.25, 0.3) is 0 Å². The Morgan fingerprint density at radius 2 is 2.31 bits per heavy atom. The molecule has 0 radical (unpaired) electrons. The lowest BCUT2D eigenvalue weighted by molar-refractivity contribution is -0.142. The number of hydrogen-bond acceptors (Lipinski definition) is 4. The Bertz CT molecular complexity index is 228. The molecule has 0 bridgehead atoms. The van der Waals surface area contributed by atoms with E-state index in [0.717, 1.165) is 19.3 Å². The first-order chi connectivity index (χ1) is 6.24. The Labute approximate surface area is 77.1 Å². The van der Waals surface area contributed by atoms with Gasteiger partial charge in [-0.2, -0.15) is 0 Å². The van der Waals surface area contributed by atoms with Crippen LogP contribution in [-0.2, 0) is 19.0 Å². The molecule has 1 saturated carbocycles. The van der Waals surface area contributed by atoms with Gasteiger partial charge in [0, 0.05) is 7.11 Å². The largest absolute Gasteiger partial charge is 0.467 e. The summed E-state index contributed by atoms with van der Waals surface area (Å²) in [7, 11) is 3.04. The SMILES string of the molecule is COC(=O)C1OC12CCCC2OC. The fourth-order valence-corrected chi connectivity index (χ4v) is 2.26. The zero-order valence-electron chi connectivity index (χ0n) is 7.91. The zero-order chi connectivity index (χ0) is 9.47. The molecule has 1 spiro atoms. The summed E-state index contributed by atoms with van der Waals surface area (Å²) in [4.78, 5) is 11.2. The molecular formula is C9H14O4. The summed E-state index contributed by atoms with van der Waals surface area (Å²) in [6.07, 6.45) is 2.63. The summed E-state index contributed by atoms with van der Waals surface area (Å²) in [5.41, 5.74) is -0.345. The normalized spacial score (nSPS) is 42.3. The van der Waals surface area contributed by atoms with Crippen LogP contribution < -0.4 is 0 Å². The van der Waals surface area contributed by atoms with Crippen molar-refractivity contribution in [3.8, 4) is 0 Å². The summed E-state index contributed by atoms with van der Waals surface area (Å²) < 4.78 is 15.3. The summed E-state index contributed by atoms with van der Waals surface area (Å²) in [5.74, 6) is -0.274. The van der Waals surface area contributed by atoms with Gasteiger partial charge in [0.2, 0.25) is 0 Å². The van der Waals surface area contributed by atoms with E-state index >= 15 is 0 Å². The zero-order valence-corrected chi connectivity index (χ0v) is 7.91. The highest BCUT2D eigenvalue weighted by molar-refractivity contribution is 5.79. The van der Waals surface area contributed by atoms with Gasteiger partial charge in [-0.15, -0.1) is 0 Å². The van der Waals surface area contributed by atoms with Gasteiger partial charge in [-0.25, -0.2) is 4.79 Å². The van der Waals surface area contributed by atoms with Crippen LogP contribution in [0, 0.1) is 0 Å². The van der Waals surface area contributed by atoms with Crippen LogP contribution in [0.2, 0.25) is 0 Å². The van der Waals surface area contributed by atoms with Crippen LogP contribution in [0.15, 0.2) is 0 Å². The molecule has 4 heteroatoms. The average molecular weight is 186 g/mol. The molecule has 1 saturated heterocycles. The van der Waals surface area contributed by atoms with E-state index in [9.17, 15) is 4.79 Å². The highest BCUT2D eigenvalue weighted by Crippen LogP contribution is 2.51. The molecular weight excluding hydrogens is 172 g/mol. The molecule has 2 fully saturated rings. The molecule has 2 rings (SSSR count). The molecule has 13 heavy (non-hydrogen) atoms. The fraction of sp³-hybridized carbons (Fsp3) is 0.889. The Morgan fingerprint density at radius 3 is 2.92 bits per heavy atom. The maximum absolute atomic E-state index is 11.2. The maximum Gasteiger partial charge on any atom is 0.338 e. The number of carbonyl (C=O) groups excluding carboxylic acids is 1. The average Bonchev–Trinajstić information content (AvgIpc) is 2.70. The van der Waals surface area contributed by atoms with Crippen LogP contribution in [0.1, 0.15) is 19.3 Å². The van der Waals surface area contributed by atoms with Crippen LogP contribution in [0.3, 0.4) is 0 Å². The first kappa shape index (κ1) is 8.97. The lowest BCUT2D eigenvalue weighted by Crippen LogP contribution is -2.31. The van der Waals surface area contributed by atoms with Crippen molar-refractivity contribution in [1.29, 1.82) is 0 Å². The minimum Gasteiger partial charge on any atom is -0.467 e. The summed E-state index contributed by atoms with van der Waals surface area (Å²) in [6, 6.07) is 0. The van der Waals surface area contributed by atoms with Crippen molar-refractivity contribution >= 4 is 5.97 Å². The Morgan fingerprint density at radius 1 is 1.54 bits per heavy atom. The second kappa shape index (κ2) is 2.96. The molecule has 0 aromatic heterocycles. The van der Waals surface area contributed by atoms with Crippen LogP contribution >= 0.6 is 0 Å². The van der Waals surface area contributed by atoms with E-state index in [-0.39, 0.29) is 23.8 Å². The molecule has 74 valence electrons. The molecule has 4 nitrogen and oxygen atoms in total. The molecule has 3 unspecified atom stereocenters. The lowest BCUT2D eigenvalue weighted by Gasteiger charge is -2.13. The van der Waals surface area contributed by atoms with Crippen molar-refractivity contribution in [2.75, 3.05) is 14.2 Å². The van der Waals surface area contributed by atoms with E-state index in [1.807, 2.05) is 0 Å². The van der Waals surface area contributed by atoms with Gasteiger partial charge in [0.1, 0.15) is 5.60 Å². The molecule has 3 atom stereocenters. The van der Waals surface area contributed by atoms with Crippen molar-refractivity contribution in [3.05, 3.63) is 0 Å². The van der Waals surface area contributed by atoms with Gasteiger partial charge in [0.15, 0.2) is 6.10 Å². The molecule has 0 amide bonds. The van der Waals surface area contributed by atoms with Gasteiger partial charge in [0.05, 0.1) is 13.2 Å². The molecule has 1 aliphatic carbocycles. The third-order valence-corrected chi connectivity index (χ3v) is 3.00. The highest BCUT2D eigenvalue weighted by atomic mass is 16.7. The number of esters is 1. The molecule has 1 aliphatic heterocycles. The predicted octanol–water partition coefficient (Wildman–Crippen LogP) is 0.496. The topological polar surface area (TPSA) is 48.1 Å². The summed E-state index contributed by atoms with van der Waals surface area (Å²) in [6.45, 7) is 0. The summed E-state index contributed by atoms with van der Waals surface area (Å²) >= 11 is 0. The Hall–Kier alpha value is -0.610. The minimum absolute atomic E-state index is 0.0663. The van der Waals surface area contributed by atoms with Crippen molar-refractivity contribution < 1.29 is 19.0 Å². The molecule has 0 aromatic rings. The van der Waals surface area contributed by atoms with Crippen molar-refractivity contribution in [2.24, 2.45) is 0 Å². The summed E-state index contributed by atoms with van der Waals surface area (Å²) in [5, 5.41) is 0. The van der Waals surface area contributed by atoms with E-state index in [1.54, 1.807) is 7.11 Å². The first-order valence-corrected chi connectivity index (χ1v) is 4.53. The van der Waals surface area contributed by atoms with Gasteiger partial charge < -0.3 is 14.2 Å². The fourth-order valence-electron chi connectivity index (χ4n) is 2.26. The quantitative estimate of drug-likeness (QED) is 0.465. The number of hydrogen-bond donors (Lipinski definition) is 0. The Balaban J connectivity index is 2.04. The van der Waals surface area contributed by atoms with Gasteiger partial charge in [-0.3, -0.25) is 0 Å². The molecule has 2 aliphatic rings. The Kier molecular flexibility index (Phi) is 2.04. The number of methoxy groups -OCH3 is 2. The smallest absolute Gasteiger partial charge is 0.338 e. The van der Waals surface area contributed by atoms with Crippen LogP contribution in [0.4, 0.5) is 0 Å². The van der Waals surface area contributed by atoms with E-state index in [2.05, 4.69) is 4.74 Å². The molecule has 0 N–H and O–H groups in total. The number of epoxide rings is 1. The maximum atomic E-state index is 11.2. The highest BCUT2D eigenvalue weighted by Gasteiger charge is 2.67. The molecule has 0 aromatic carbocycles. The third-order valence-electron chi connectivity index (χ3n) is 3.00. The number of rotatable bonds is 2. The van der Waals surface area contributed by atoms with Gasteiger partial charge in [-0.05, 0) is 19.3 Å². The number of carbonyl (C=O) groups is 1.